The molecule has 6 nitrogen and oxygen atoms in total. The van der Waals surface area contributed by atoms with Gasteiger partial charge in [0.25, 0.3) is 11.6 Å². The SMILES string of the molecule is Cc1c(C(=O)NCC(c2cccc3ccccc23)N2CCCC2)cccc1[N+](=O)[O-]. The standard InChI is InChI=1S/C24H25N3O3/c1-17-19(11-7-13-22(17)27(29)30)24(28)25-16-23(26-14-4-5-15-26)21-12-6-9-18-8-2-3-10-20(18)21/h2-3,6-13,23H,4-5,14-16H2,1H3,(H,25,28). The Hall–Kier alpha value is -3.25. The van der Waals surface area contributed by atoms with Crippen molar-refractivity contribution in [3.63, 3.8) is 0 Å². The number of hydrogen-bond donors (Lipinski definition) is 1. The lowest BCUT2D eigenvalue weighted by Crippen LogP contribution is -2.37. The highest BCUT2D eigenvalue weighted by Gasteiger charge is 2.26. The van der Waals surface area contributed by atoms with E-state index in [0.29, 0.717) is 17.7 Å². The molecule has 1 saturated heterocycles. The van der Waals surface area contributed by atoms with Gasteiger partial charge < -0.3 is 5.32 Å². The Bertz CT molecular complexity index is 1080. The topological polar surface area (TPSA) is 75.5 Å². The van der Waals surface area contributed by atoms with Gasteiger partial charge in [-0.15, -0.1) is 0 Å². The minimum absolute atomic E-state index is 0.0344. The highest BCUT2D eigenvalue weighted by molar-refractivity contribution is 5.96. The zero-order valence-corrected chi connectivity index (χ0v) is 17.0. The molecule has 1 unspecified atom stereocenters. The Morgan fingerprint density at radius 1 is 1.07 bits per heavy atom. The summed E-state index contributed by atoms with van der Waals surface area (Å²) < 4.78 is 0. The van der Waals surface area contributed by atoms with E-state index in [1.165, 1.54) is 22.4 Å². The third kappa shape index (κ3) is 3.91. The number of hydrogen-bond acceptors (Lipinski definition) is 4. The molecule has 3 aromatic carbocycles. The molecule has 0 bridgehead atoms. The molecule has 1 fully saturated rings. The van der Waals surface area contributed by atoms with Crippen molar-refractivity contribution in [1.82, 2.24) is 10.2 Å². The maximum absolute atomic E-state index is 12.9. The van der Waals surface area contributed by atoms with Gasteiger partial charge in [-0.1, -0.05) is 48.5 Å². The van der Waals surface area contributed by atoms with E-state index in [1.54, 1.807) is 19.1 Å². The van der Waals surface area contributed by atoms with Crippen LogP contribution in [0.4, 0.5) is 5.69 Å². The summed E-state index contributed by atoms with van der Waals surface area (Å²) in [6.45, 7) is 4.07. The van der Waals surface area contributed by atoms with Crippen molar-refractivity contribution < 1.29 is 9.72 Å². The molecule has 1 aliphatic rings. The summed E-state index contributed by atoms with van der Waals surface area (Å²) >= 11 is 0. The first kappa shape index (κ1) is 20.0. The maximum atomic E-state index is 12.9. The number of nitrogens with zero attached hydrogens (tertiary/aromatic N) is 2. The lowest BCUT2D eigenvalue weighted by Gasteiger charge is -2.29. The normalized spacial score (nSPS) is 15.2. The summed E-state index contributed by atoms with van der Waals surface area (Å²) in [5.74, 6) is -0.277. The molecule has 0 radical (unpaired) electrons. The van der Waals surface area contributed by atoms with E-state index in [2.05, 4.69) is 40.5 Å². The van der Waals surface area contributed by atoms with Gasteiger partial charge in [-0.2, -0.15) is 0 Å². The lowest BCUT2D eigenvalue weighted by atomic mass is 9.97. The molecule has 1 amide bonds. The van der Waals surface area contributed by atoms with Crippen LogP contribution in [-0.2, 0) is 0 Å². The average Bonchev–Trinajstić information content (AvgIpc) is 3.28. The predicted octanol–water partition coefficient (Wildman–Crippen LogP) is 4.62. The van der Waals surface area contributed by atoms with Crippen LogP contribution in [0.15, 0.2) is 60.7 Å². The van der Waals surface area contributed by atoms with Gasteiger partial charge in [0, 0.05) is 23.7 Å². The van der Waals surface area contributed by atoms with E-state index in [1.807, 2.05) is 12.1 Å². The minimum atomic E-state index is -0.449. The summed E-state index contributed by atoms with van der Waals surface area (Å²) in [5, 5.41) is 16.6. The number of likely N-dealkylation sites (tertiary alicyclic amines) is 1. The zero-order valence-electron chi connectivity index (χ0n) is 17.0. The second-order valence-electron chi connectivity index (χ2n) is 7.74. The summed E-state index contributed by atoms with van der Waals surface area (Å²) in [5.41, 5.74) is 1.91. The fourth-order valence-corrected chi connectivity index (χ4v) is 4.38. The first-order valence-electron chi connectivity index (χ1n) is 10.3. The van der Waals surface area contributed by atoms with Crippen LogP contribution in [0.1, 0.15) is 40.4 Å². The van der Waals surface area contributed by atoms with Crippen molar-refractivity contribution in [3.05, 3.63) is 87.5 Å². The van der Waals surface area contributed by atoms with Crippen LogP contribution in [-0.4, -0.2) is 35.4 Å². The number of rotatable bonds is 6. The molecule has 0 aliphatic carbocycles. The van der Waals surface area contributed by atoms with Gasteiger partial charge >= 0.3 is 0 Å². The third-order valence-corrected chi connectivity index (χ3v) is 5.97. The Morgan fingerprint density at radius 3 is 2.53 bits per heavy atom. The molecule has 0 aromatic heterocycles. The Morgan fingerprint density at radius 2 is 1.77 bits per heavy atom. The molecule has 6 heteroatoms. The Kier molecular flexibility index (Phi) is 5.77. The second-order valence-corrected chi connectivity index (χ2v) is 7.74. The van der Waals surface area contributed by atoms with Crippen molar-refractivity contribution in [2.24, 2.45) is 0 Å². The summed E-state index contributed by atoms with van der Waals surface area (Å²) in [6, 6.07) is 19.3. The molecule has 30 heavy (non-hydrogen) atoms. The molecule has 0 spiro atoms. The smallest absolute Gasteiger partial charge is 0.273 e. The van der Waals surface area contributed by atoms with Crippen LogP contribution in [0, 0.1) is 17.0 Å². The number of carbonyl (C=O) groups is 1. The molecule has 1 heterocycles. The molecule has 4 rings (SSSR count). The summed E-state index contributed by atoms with van der Waals surface area (Å²) in [6.07, 6.45) is 2.30. The van der Waals surface area contributed by atoms with Crippen LogP contribution in [0.2, 0.25) is 0 Å². The van der Waals surface area contributed by atoms with Crippen LogP contribution in [0.3, 0.4) is 0 Å². The molecule has 1 aliphatic heterocycles. The molecule has 154 valence electrons. The second kappa shape index (κ2) is 8.63. The quantitative estimate of drug-likeness (QED) is 0.481. The number of nitro groups is 1. The molecule has 3 aromatic rings. The number of carbonyl (C=O) groups excluding carboxylic acids is 1. The van der Waals surface area contributed by atoms with Crippen LogP contribution in [0.5, 0.6) is 0 Å². The monoisotopic (exact) mass is 403 g/mol. The predicted molar refractivity (Wildman–Crippen MR) is 118 cm³/mol. The third-order valence-electron chi connectivity index (χ3n) is 5.97. The van der Waals surface area contributed by atoms with Gasteiger partial charge in [0.1, 0.15) is 0 Å². The molecular weight excluding hydrogens is 378 g/mol. The van der Waals surface area contributed by atoms with E-state index in [-0.39, 0.29) is 17.6 Å². The molecule has 1 N–H and O–H groups in total. The first-order chi connectivity index (χ1) is 14.6. The van der Waals surface area contributed by atoms with Gasteiger partial charge in [0.05, 0.1) is 11.0 Å². The van der Waals surface area contributed by atoms with Gasteiger partial charge in [0.15, 0.2) is 0 Å². The maximum Gasteiger partial charge on any atom is 0.273 e. The molecular formula is C24H25N3O3. The fraction of sp³-hybridized carbons (Fsp3) is 0.292. The lowest BCUT2D eigenvalue weighted by molar-refractivity contribution is -0.385. The minimum Gasteiger partial charge on any atom is -0.350 e. The number of nitro benzene ring substituents is 1. The van der Waals surface area contributed by atoms with Gasteiger partial charge in [-0.25, -0.2) is 0 Å². The van der Waals surface area contributed by atoms with E-state index in [9.17, 15) is 14.9 Å². The van der Waals surface area contributed by atoms with Crippen LogP contribution in [0.25, 0.3) is 10.8 Å². The van der Waals surface area contributed by atoms with Crippen LogP contribution < -0.4 is 5.32 Å². The van der Waals surface area contributed by atoms with Gasteiger partial charge in [-0.3, -0.25) is 19.8 Å². The Balaban J connectivity index is 1.62. The van der Waals surface area contributed by atoms with Crippen molar-refractivity contribution in [2.45, 2.75) is 25.8 Å². The fourth-order valence-electron chi connectivity index (χ4n) is 4.38. The highest BCUT2D eigenvalue weighted by atomic mass is 16.6. The van der Waals surface area contributed by atoms with E-state index in [0.717, 1.165) is 25.9 Å². The zero-order chi connectivity index (χ0) is 21.1. The number of amides is 1. The van der Waals surface area contributed by atoms with Crippen molar-refractivity contribution in [3.8, 4) is 0 Å². The van der Waals surface area contributed by atoms with Gasteiger partial charge in [0.2, 0.25) is 0 Å². The first-order valence-corrected chi connectivity index (χ1v) is 10.3. The van der Waals surface area contributed by atoms with Crippen molar-refractivity contribution in [1.29, 1.82) is 0 Å². The number of nitrogens with one attached hydrogen (secondary N) is 1. The van der Waals surface area contributed by atoms with Crippen molar-refractivity contribution >= 4 is 22.4 Å². The molecule has 0 saturated carbocycles. The largest absolute Gasteiger partial charge is 0.350 e. The Labute approximate surface area is 175 Å². The van der Waals surface area contributed by atoms with E-state index < -0.39 is 4.92 Å². The molecule has 1 atom stereocenters. The summed E-state index contributed by atoms with van der Waals surface area (Å²) in [4.78, 5) is 26.1. The highest BCUT2D eigenvalue weighted by Crippen LogP contribution is 2.30. The van der Waals surface area contributed by atoms with Crippen molar-refractivity contribution in [2.75, 3.05) is 19.6 Å². The number of fused-ring (bicyclic) bond motifs is 1. The average molecular weight is 403 g/mol. The van der Waals surface area contributed by atoms with Gasteiger partial charge in [-0.05, 0) is 55.3 Å². The number of benzene rings is 3. The van der Waals surface area contributed by atoms with E-state index in [4.69, 9.17) is 0 Å². The summed E-state index contributed by atoms with van der Waals surface area (Å²) in [7, 11) is 0. The van der Waals surface area contributed by atoms with Crippen LogP contribution >= 0.6 is 0 Å². The van der Waals surface area contributed by atoms with E-state index >= 15 is 0 Å².